The Morgan fingerprint density at radius 2 is 1.61 bits per heavy atom. The van der Waals surface area contributed by atoms with Gasteiger partial charge in [0.05, 0.1) is 11.3 Å². The fourth-order valence-corrected chi connectivity index (χ4v) is 3.28. The first kappa shape index (κ1) is 14.0. The van der Waals surface area contributed by atoms with E-state index in [0.717, 1.165) is 47.0 Å². The third-order valence-corrected chi connectivity index (χ3v) is 4.52. The Labute approximate surface area is 135 Å². The van der Waals surface area contributed by atoms with Gasteiger partial charge in [0.15, 0.2) is 11.5 Å². The number of hydrogen-bond acceptors (Lipinski definition) is 4. The van der Waals surface area contributed by atoms with Crippen molar-refractivity contribution in [2.24, 2.45) is 0 Å². The van der Waals surface area contributed by atoms with Gasteiger partial charge in [-0.2, -0.15) is 5.26 Å². The molecule has 4 nitrogen and oxygen atoms in total. The number of ether oxygens (including phenoxy) is 2. The first-order valence-electron chi connectivity index (χ1n) is 8.04. The van der Waals surface area contributed by atoms with Crippen LogP contribution in [0.3, 0.4) is 0 Å². The molecule has 116 valence electrons. The second kappa shape index (κ2) is 5.85. The lowest BCUT2D eigenvalue weighted by Gasteiger charge is -2.30. The van der Waals surface area contributed by atoms with Crippen LogP contribution in [0.2, 0.25) is 0 Å². The molecule has 0 atom stereocenters. The third kappa shape index (κ3) is 2.59. The summed E-state index contributed by atoms with van der Waals surface area (Å²) in [6.45, 7) is 2.34. The van der Waals surface area contributed by atoms with Crippen molar-refractivity contribution in [1.82, 2.24) is 0 Å². The monoisotopic (exact) mass is 306 g/mol. The van der Waals surface area contributed by atoms with E-state index in [2.05, 4.69) is 17.0 Å². The molecule has 0 amide bonds. The summed E-state index contributed by atoms with van der Waals surface area (Å²) in [5.41, 5.74) is 3.97. The van der Waals surface area contributed by atoms with E-state index in [1.54, 1.807) is 0 Å². The van der Waals surface area contributed by atoms with Gasteiger partial charge in [-0.25, -0.2) is 0 Å². The van der Waals surface area contributed by atoms with Crippen molar-refractivity contribution in [1.29, 1.82) is 5.26 Å². The molecule has 0 unspecified atom stereocenters. The van der Waals surface area contributed by atoms with Crippen LogP contribution in [0, 0.1) is 11.3 Å². The number of anilines is 1. The maximum absolute atomic E-state index is 9.42. The molecule has 2 aromatic carbocycles. The minimum absolute atomic E-state index is 0.283. The largest absolute Gasteiger partial charge is 0.454 e. The Bertz CT molecular complexity index is 773. The molecule has 4 rings (SSSR count). The van der Waals surface area contributed by atoms with E-state index in [-0.39, 0.29) is 6.79 Å². The SMILES string of the molecule is N#Cc1ccc(-c2ccc3c(c2)OCO3)cc1N1CCCCC1. The highest BCUT2D eigenvalue weighted by molar-refractivity contribution is 5.74. The third-order valence-electron chi connectivity index (χ3n) is 4.52. The summed E-state index contributed by atoms with van der Waals surface area (Å²) in [5.74, 6) is 1.57. The zero-order chi connectivity index (χ0) is 15.6. The first-order valence-corrected chi connectivity index (χ1v) is 8.04. The topological polar surface area (TPSA) is 45.5 Å². The van der Waals surface area contributed by atoms with Crippen LogP contribution in [0.25, 0.3) is 11.1 Å². The average Bonchev–Trinajstić information content (AvgIpc) is 3.09. The zero-order valence-electron chi connectivity index (χ0n) is 12.9. The predicted octanol–water partition coefficient (Wildman–Crippen LogP) is 3.94. The van der Waals surface area contributed by atoms with Crippen molar-refractivity contribution >= 4 is 5.69 Å². The van der Waals surface area contributed by atoms with E-state index in [9.17, 15) is 5.26 Å². The number of nitrogens with zero attached hydrogens (tertiary/aromatic N) is 2. The Morgan fingerprint density at radius 1 is 0.870 bits per heavy atom. The average molecular weight is 306 g/mol. The van der Waals surface area contributed by atoms with Gasteiger partial charge >= 0.3 is 0 Å². The molecule has 1 saturated heterocycles. The van der Waals surface area contributed by atoms with Crippen molar-refractivity contribution < 1.29 is 9.47 Å². The zero-order valence-corrected chi connectivity index (χ0v) is 12.9. The highest BCUT2D eigenvalue weighted by Crippen LogP contribution is 2.37. The molecule has 23 heavy (non-hydrogen) atoms. The highest BCUT2D eigenvalue weighted by Gasteiger charge is 2.17. The summed E-state index contributed by atoms with van der Waals surface area (Å²) in [7, 11) is 0. The molecule has 2 heterocycles. The molecule has 1 fully saturated rings. The van der Waals surface area contributed by atoms with Gasteiger partial charge in [-0.05, 0) is 54.7 Å². The summed E-state index contributed by atoms with van der Waals surface area (Å²) in [6.07, 6.45) is 3.67. The molecule has 0 aromatic heterocycles. The molecule has 0 bridgehead atoms. The number of rotatable bonds is 2. The predicted molar refractivity (Wildman–Crippen MR) is 88.8 cm³/mol. The van der Waals surface area contributed by atoms with Gasteiger partial charge < -0.3 is 14.4 Å². The maximum atomic E-state index is 9.42. The van der Waals surface area contributed by atoms with Crippen LogP contribution in [0.5, 0.6) is 11.5 Å². The van der Waals surface area contributed by atoms with E-state index in [4.69, 9.17) is 9.47 Å². The van der Waals surface area contributed by atoms with Crippen molar-refractivity contribution in [2.45, 2.75) is 19.3 Å². The maximum Gasteiger partial charge on any atom is 0.231 e. The van der Waals surface area contributed by atoms with Crippen LogP contribution in [0.4, 0.5) is 5.69 Å². The first-order chi connectivity index (χ1) is 11.3. The fraction of sp³-hybridized carbons (Fsp3) is 0.316. The summed E-state index contributed by atoms with van der Waals surface area (Å²) >= 11 is 0. The minimum atomic E-state index is 0.283. The molecule has 0 radical (unpaired) electrons. The lowest BCUT2D eigenvalue weighted by molar-refractivity contribution is 0.174. The van der Waals surface area contributed by atoms with E-state index >= 15 is 0 Å². The van der Waals surface area contributed by atoms with Crippen LogP contribution in [-0.4, -0.2) is 19.9 Å². The van der Waals surface area contributed by atoms with Gasteiger partial charge in [-0.1, -0.05) is 12.1 Å². The van der Waals surface area contributed by atoms with Gasteiger partial charge in [0.2, 0.25) is 6.79 Å². The second-order valence-electron chi connectivity index (χ2n) is 5.96. The van der Waals surface area contributed by atoms with E-state index in [0.29, 0.717) is 0 Å². The Morgan fingerprint density at radius 3 is 2.43 bits per heavy atom. The van der Waals surface area contributed by atoms with Gasteiger partial charge in [0.25, 0.3) is 0 Å². The van der Waals surface area contributed by atoms with Crippen molar-refractivity contribution in [3.63, 3.8) is 0 Å². The van der Waals surface area contributed by atoms with Gasteiger partial charge in [0, 0.05) is 13.1 Å². The molecular formula is C19H18N2O2. The molecule has 4 heteroatoms. The number of piperidine rings is 1. The molecule has 0 spiro atoms. The number of benzene rings is 2. The Hall–Kier alpha value is -2.67. The van der Waals surface area contributed by atoms with E-state index in [1.165, 1.54) is 19.3 Å². The van der Waals surface area contributed by atoms with Crippen LogP contribution in [0.1, 0.15) is 24.8 Å². The summed E-state index contributed by atoms with van der Waals surface area (Å²) in [5, 5.41) is 9.42. The minimum Gasteiger partial charge on any atom is -0.454 e. The molecular weight excluding hydrogens is 288 g/mol. The normalized spacial score (nSPS) is 16.2. The van der Waals surface area contributed by atoms with Crippen molar-refractivity contribution in [3.05, 3.63) is 42.0 Å². The smallest absolute Gasteiger partial charge is 0.231 e. The van der Waals surface area contributed by atoms with Gasteiger partial charge in [-0.15, -0.1) is 0 Å². The molecule has 2 aliphatic heterocycles. The van der Waals surface area contributed by atoms with Crippen LogP contribution < -0.4 is 14.4 Å². The quantitative estimate of drug-likeness (QED) is 0.843. The van der Waals surface area contributed by atoms with Crippen molar-refractivity contribution in [3.8, 4) is 28.7 Å². The highest BCUT2D eigenvalue weighted by atomic mass is 16.7. The lowest BCUT2D eigenvalue weighted by Crippen LogP contribution is -2.30. The Kier molecular flexibility index (Phi) is 3.55. The second-order valence-corrected chi connectivity index (χ2v) is 5.96. The van der Waals surface area contributed by atoms with Crippen LogP contribution in [0.15, 0.2) is 36.4 Å². The van der Waals surface area contributed by atoms with Gasteiger partial charge in [0.1, 0.15) is 6.07 Å². The van der Waals surface area contributed by atoms with Gasteiger partial charge in [-0.3, -0.25) is 0 Å². The molecule has 0 N–H and O–H groups in total. The van der Waals surface area contributed by atoms with E-state index in [1.807, 2.05) is 30.3 Å². The lowest BCUT2D eigenvalue weighted by atomic mass is 10.0. The summed E-state index contributed by atoms with van der Waals surface area (Å²) in [6, 6.07) is 14.4. The summed E-state index contributed by atoms with van der Waals surface area (Å²) < 4.78 is 10.8. The van der Waals surface area contributed by atoms with Crippen LogP contribution >= 0.6 is 0 Å². The number of hydrogen-bond donors (Lipinski definition) is 0. The standard InChI is InChI=1S/C19H18N2O2/c20-12-16-5-4-14(10-17(16)21-8-2-1-3-9-21)15-6-7-18-19(11-15)23-13-22-18/h4-7,10-11H,1-3,8-9,13H2. The molecule has 0 aliphatic carbocycles. The molecule has 0 saturated carbocycles. The molecule has 2 aliphatic rings. The fourth-order valence-electron chi connectivity index (χ4n) is 3.28. The number of nitriles is 1. The molecule has 2 aromatic rings. The Balaban J connectivity index is 1.73. The number of fused-ring (bicyclic) bond motifs is 1. The van der Waals surface area contributed by atoms with Crippen LogP contribution in [-0.2, 0) is 0 Å². The van der Waals surface area contributed by atoms with E-state index < -0.39 is 0 Å². The van der Waals surface area contributed by atoms with Crippen molar-refractivity contribution in [2.75, 3.05) is 24.8 Å². The summed E-state index contributed by atoms with van der Waals surface area (Å²) in [4.78, 5) is 2.33.